The highest BCUT2D eigenvalue weighted by Crippen LogP contribution is 2.32. The number of halogens is 1. The molecule has 30 heavy (non-hydrogen) atoms. The second-order valence-electron chi connectivity index (χ2n) is 6.09. The van der Waals surface area contributed by atoms with Crippen LogP contribution in [0.1, 0.15) is 5.56 Å². The zero-order chi connectivity index (χ0) is 21.5. The predicted octanol–water partition coefficient (Wildman–Crippen LogP) is 4.26. The first kappa shape index (κ1) is 21.0. The molecule has 1 amide bonds. The number of aromatic hydroxyl groups is 1. The van der Waals surface area contributed by atoms with Crippen molar-refractivity contribution in [3.05, 3.63) is 86.9 Å². The minimum absolute atomic E-state index is 0.0776. The molecule has 0 fully saturated rings. The second kappa shape index (κ2) is 9.66. The third kappa shape index (κ3) is 5.42. The number of hydrazone groups is 1. The molecule has 3 rings (SSSR count). The summed E-state index contributed by atoms with van der Waals surface area (Å²) >= 11 is 3.12. The summed E-state index contributed by atoms with van der Waals surface area (Å²) in [5, 5.41) is 24.5. The van der Waals surface area contributed by atoms with Crippen molar-refractivity contribution < 1.29 is 19.6 Å². The molecule has 152 valence electrons. The van der Waals surface area contributed by atoms with E-state index in [0.29, 0.717) is 10.2 Å². The van der Waals surface area contributed by atoms with Gasteiger partial charge in [0.05, 0.1) is 11.1 Å². The number of phenolic OH excluding ortho intramolecular Hbond substituents is 1. The molecule has 8 nitrogen and oxygen atoms in total. The number of nitrogens with zero attached hydrogens (tertiary/aromatic N) is 2. The van der Waals surface area contributed by atoms with Crippen molar-refractivity contribution in [1.29, 1.82) is 0 Å². The lowest BCUT2D eigenvalue weighted by atomic mass is 10.1. The van der Waals surface area contributed by atoms with Gasteiger partial charge in [0.15, 0.2) is 6.61 Å². The molecule has 0 aromatic heterocycles. The van der Waals surface area contributed by atoms with E-state index in [-0.39, 0.29) is 12.2 Å². The molecule has 0 spiro atoms. The average Bonchev–Trinajstić information content (AvgIpc) is 2.75. The second-order valence-corrected chi connectivity index (χ2v) is 7.01. The van der Waals surface area contributed by atoms with E-state index in [1.807, 2.05) is 42.5 Å². The van der Waals surface area contributed by atoms with Gasteiger partial charge in [-0.25, -0.2) is 5.43 Å². The highest BCUT2D eigenvalue weighted by molar-refractivity contribution is 9.10. The number of hydrogen-bond donors (Lipinski definition) is 2. The zero-order valence-electron chi connectivity index (χ0n) is 15.5. The number of phenols is 1. The minimum Gasteiger partial charge on any atom is -0.502 e. The molecule has 0 bridgehead atoms. The fourth-order valence-electron chi connectivity index (χ4n) is 2.57. The van der Waals surface area contributed by atoms with Gasteiger partial charge in [0, 0.05) is 16.1 Å². The Bertz CT molecular complexity index is 1090. The minimum atomic E-state index is -0.715. The van der Waals surface area contributed by atoms with E-state index < -0.39 is 22.3 Å². The number of benzene rings is 3. The summed E-state index contributed by atoms with van der Waals surface area (Å²) in [5.41, 5.74) is 3.95. The van der Waals surface area contributed by atoms with Crippen LogP contribution >= 0.6 is 15.9 Å². The van der Waals surface area contributed by atoms with E-state index in [0.717, 1.165) is 17.3 Å². The summed E-state index contributed by atoms with van der Waals surface area (Å²) in [7, 11) is 0. The molecule has 2 N–H and O–H groups in total. The van der Waals surface area contributed by atoms with Gasteiger partial charge in [0.2, 0.25) is 5.75 Å². The van der Waals surface area contributed by atoms with Crippen molar-refractivity contribution >= 4 is 33.7 Å². The monoisotopic (exact) mass is 469 g/mol. The van der Waals surface area contributed by atoms with E-state index in [2.05, 4.69) is 26.5 Å². The Morgan fingerprint density at radius 1 is 1.13 bits per heavy atom. The maximum atomic E-state index is 11.9. The van der Waals surface area contributed by atoms with Crippen LogP contribution in [0.2, 0.25) is 0 Å². The first-order valence-corrected chi connectivity index (χ1v) is 9.50. The number of nitrogens with one attached hydrogen (secondary N) is 1. The van der Waals surface area contributed by atoms with Gasteiger partial charge >= 0.3 is 5.69 Å². The van der Waals surface area contributed by atoms with E-state index in [4.69, 9.17) is 4.74 Å². The van der Waals surface area contributed by atoms with Gasteiger partial charge < -0.3 is 9.84 Å². The van der Waals surface area contributed by atoms with Crippen LogP contribution in [0.15, 0.2) is 76.3 Å². The molecule has 0 aliphatic heterocycles. The molecule has 9 heteroatoms. The summed E-state index contributed by atoms with van der Waals surface area (Å²) in [4.78, 5) is 22.1. The third-order valence-corrected chi connectivity index (χ3v) is 4.46. The van der Waals surface area contributed by atoms with Crippen LogP contribution in [0, 0.1) is 10.1 Å². The lowest BCUT2D eigenvalue weighted by Gasteiger charge is -2.07. The number of ether oxygens (including phenoxy) is 1. The summed E-state index contributed by atoms with van der Waals surface area (Å²) in [5.74, 6) is -0.549. The topological polar surface area (TPSA) is 114 Å². The standard InChI is InChI=1S/C21H16BrN3O5/c22-17-10-16(21(27)19(11-17)25(28)29)12-23-24-20(26)13-30-18-8-6-15(7-9-18)14-4-2-1-3-5-14/h1-12,27H,13H2,(H,24,26). The van der Waals surface area contributed by atoms with Crippen molar-refractivity contribution in [2.75, 3.05) is 6.61 Å². The number of nitro benzene ring substituents is 1. The largest absolute Gasteiger partial charge is 0.502 e. The van der Waals surface area contributed by atoms with Crippen molar-refractivity contribution in [1.82, 2.24) is 5.43 Å². The molecule has 0 saturated heterocycles. The van der Waals surface area contributed by atoms with Crippen LogP contribution < -0.4 is 10.2 Å². The molecule has 0 aliphatic carbocycles. The molecular formula is C21H16BrN3O5. The third-order valence-electron chi connectivity index (χ3n) is 4.01. The normalized spacial score (nSPS) is 10.7. The maximum absolute atomic E-state index is 11.9. The summed E-state index contributed by atoms with van der Waals surface area (Å²) < 4.78 is 5.81. The first-order chi connectivity index (χ1) is 14.4. The van der Waals surface area contributed by atoms with Crippen LogP contribution in [0.4, 0.5) is 5.69 Å². The number of carbonyl (C=O) groups is 1. The smallest absolute Gasteiger partial charge is 0.312 e. The van der Waals surface area contributed by atoms with Gasteiger partial charge in [-0.3, -0.25) is 14.9 Å². The van der Waals surface area contributed by atoms with E-state index >= 15 is 0 Å². The molecule has 0 heterocycles. The Kier molecular flexibility index (Phi) is 6.76. The lowest BCUT2D eigenvalue weighted by molar-refractivity contribution is -0.385. The quantitative estimate of drug-likeness (QED) is 0.304. The van der Waals surface area contributed by atoms with Crippen molar-refractivity contribution in [3.63, 3.8) is 0 Å². The molecule has 0 saturated carbocycles. The highest BCUT2D eigenvalue weighted by Gasteiger charge is 2.17. The number of carbonyl (C=O) groups excluding carboxylic acids is 1. The van der Waals surface area contributed by atoms with Crippen LogP contribution in [0.5, 0.6) is 11.5 Å². The Balaban J connectivity index is 1.55. The first-order valence-electron chi connectivity index (χ1n) is 8.71. The van der Waals surface area contributed by atoms with Gasteiger partial charge in [-0.2, -0.15) is 5.10 Å². The van der Waals surface area contributed by atoms with Gasteiger partial charge in [0.25, 0.3) is 5.91 Å². The zero-order valence-corrected chi connectivity index (χ0v) is 17.1. The van der Waals surface area contributed by atoms with E-state index in [9.17, 15) is 20.0 Å². The van der Waals surface area contributed by atoms with Crippen molar-refractivity contribution in [2.24, 2.45) is 5.10 Å². The van der Waals surface area contributed by atoms with Gasteiger partial charge in [0.1, 0.15) is 5.75 Å². The highest BCUT2D eigenvalue weighted by atomic mass is 79.9. The van der Waals surface area contributed by atoms with E-state index in [1.54, 1.807) is 12.1 Å². The molecule has 0 aliphatic rings. The number of rotatable bonds is 7. The predicted molar refractivity (Wildman–Crippen MR) is 116 cm³/mol. The fourth-order valence-corrected chi connectivity index (χ4v) is 3.04. The number of hydrogen-bond acceptors (Lipinski definition) is 6. The molecule has 3 aromatic carbocycles. The van der Waals surface area contributed by atoms with Crippen LogP contribution in [0.3, 0.4) is 0 Å². The molecule has 0 radical (unpaired) electrons. The molecule has 3 aromatic rings. The Labute approximate surface area is 180 Å². The van der Waals surface area contributed by atoms with Gasteiger partial charge in [-0.1, -0.05) is 58.4 Å². The van der Waals surface area contributed by atoms with Gasteiger partial charge in [-0.05, 0) is 29.3 Å². The Hall–Kier alpha value is -3.72. The fraction of sp³-hybridized carbons (Fsp3) is 0.0476. The number of amides is 1. The lowest BCUT2D eigenvalue weighted by Crippen LogP contribution is -2.24. The van der Waals surface area contributed by atoms with Crippen LogP contribution in [-0.4, -0.2) is 28.8 Å². The Morgan fingerprint density at radius 2 is 1.80 bits per heavy atom. The van der Waals surface area contributed by atoms with Crippen molar-refractivity contribution in [3.8, 4) is 22.6 Å². The Morgan fingerprint density at radius 3 is 2.47 bits per heavy atom. The number of nitro groups is 1. The van der Waals surface area contributed by atoms with Gasteiger partial charge in [-0.15, -0.1) is 0 Å². The SMILES string of the molecule is O=C(COc1ccc(-c2ccccc2)cc1)NN=Cc1cc(Br)cc([N+](=O)[O-])c1O. The van der Waals surface area contributed by atoms with Crippen molar-refractivity contribution in [2.45, 2.75) is 0 Å². The van der Waals surface area contributed by atoms with Crippen LogP contribution in [-0.2, 0) is 4.79 Å². The molecule has 0 atom stereocenters. The maximum Gasteiger partial charge on any atom is 0.312 e. The summed E-state index contributed by atoms with van der Waals surface area (Å²) in [6.45, 7) is -0.271. The van der Waals surface area contributed by atoms with Crippen LogP contribution in [0.25, 0.3) is 11.1 Å². The molecular weight excluding hydrogens is 454 g/mol. The summed E-state index contributed by atoms with van der Waals surface area (Å²) in [6, 6.07) is 19.8. The average molecular weight is 470 g/mol. The summed E-state index contributed by atoms with van der Waals surface area (Å²) in [6.07, 6.45) is 1.11. The molecule has 0 unspecified atom stereocenters. The van der Waals surface area contributed by atoms with E-state index in [1.165, 1.54) is 12.1 Å².